The highest BCUT2D eigenvalue weighted by Crippen LogP contribution is 2.18. The number of carbonyl (C=O) groups is 1. The summed E-state index contributed by atoms with van der Waals surface area (Å²) in [6.45, 7) is 4.77. The van der Waals surface area contributed by atoms with Crippen LogP contribution in [0.3, 0.4) is 0 Å². The van der Waals surface area contributed by atoms with Gasteiger partial charge in [-0.15, -0.1) is 0 Å². The number of phenolic OH excluding ortho intramolecular Hbond substituents is 1. The van der Waals surface area contributed by atoms with E-state index < -0.39 is 5.97 Å². The number of nitrogens with zero attached hydrogens (tertiary/aromatic N) is 1. The van der Waals surface area contributed by atoms with Crippen LogP contribution in [-0.2, 0) is 4.74 Å². The zero-order chi connectivity index (χ0) is 14.4. The predicted octanol–water partition coefficient (Wildman–Crippen LogP) is 2.81. The smallest absolute Gasteiger partial charge is 0.341 e. The van der Waals surface area contributed by atoms with Gasteiger partial charge in [0.15, 0.2) is 0 Å². The standard InChI is InChI=1S/C16H23NO3/c1-13-7-4-5-10-17(13)11-6-12-20-16(19)14-8-2-3-9-15(14)18/h2-3,8-9,13,18H,4-7,10-12H2,1H3. The quantitative estimate of drug-likeness (QED) is 0.664. The van der Waals surface area contributed by atoms with Crippen LogP contribution in [0.25, 0.3) is 0 Å². The number of likely N-dealkylation sites (tertiary alicyclic amines) is 1. The number of phenols is 1. The van der Waals surface area contributed by atoms with Crippen molar-refractivity contribution in [2.24, 2.45) is 0 Å². The van der Waals surface area contributed by atoms with Crippen LogP contribution >= 0.6 is 0 Å². The third kappa shape index (κ3) is 3.97. The number of para-hydroxylation sites is 1. The molecule has 0 spiro atoms. The van der Waals surface area contributed by atoms with Crippen LogP contribution < -0.4 is 0 Å². The molecule has 110 valence electrons. The van der Waals surface area contributed by atoms with Gasteiger partial charge in [0.05, 0.1) is 6.61 Å². The largest absolute Gasteiger partial charge is 0.507 e. The summed E-state index contributed by atoms with van der Waals surface area (Å²) in [6.07, 6.45) is 4.68. The molecular formula is C16H23NO3. The normalized spacial score (nSPS) is 19.8. The minimum Gasteiger partial charge on any atom is -0.507 e. The van der Waals surface area contributed by atoms with Crippen LogP contribution in [0.5, 0.6) is 5.75 Å². The van der Waals surface area contributed by atoms with Crippen molar-refractivity contribution in [3.05, 3.63) is 29.8 Å². The first-order valence-corrected chi connectivity index (χ1v) is 7.37. The summed E-state index contributed by atoms with van der Waals surface area (Å²) >= 11 is 0. The second kappa shape index (κ2) is 7.29. The third-order valence-corrected chi connectivity index (χ3v) is 3.89. The van der Waals surface area contributed by atoms with E-state index in [2.05, 4.69) is 11.8 Å². The molecular weight excluding hydrogens is 254 g/mol. The molecule has 1 N–H and O–H groups in total. The van der Waals surface area contributed by atoms with E-state index in [0.717, 1.165) is 19.5 Å². The molecule has 0 radical (unpaired) electrons. The number of hydrogen-bond donors (Lipinski definition) is 1. The maximum absolute atomic E-state index is 11.8. The van der Waals surface area contributed by atoms with Crippen molar-refractivity contribution in [3.63, 3.8) is 0 Å². The van der Waals surface area contributed by atoms with Gasteiger partial charge in [0.1, 0.15) is 11.3 Å². The lowest BCUT2D eigenvalue weighted by Crippen LogP contribution is -2.38. The maximum atomic E-state index is 11.8. The SMILES string of the molecule is CC1CCCCN1CCCOC(=O)c1ccccc1O. The van der Waals surface area contributed by atoms with E-state index in [9.17, 15) is 9.90 Å². The van der Waals surface area contributed by atoms with E-state index in [4.69, 9.17) is 4.74 Å². The van der Waals surface area contributed by atoms with Gasteiger partial charge < -0.3 is 14.7 Å². The molecule has 1 aliphatic heterocycles. The van der Waals surface area contributed by atoms with Crippen molar-refractivity contribution >= 4 is 5.97 Å². The summed E-state index contributed by atoms with van der Waals surface area (Å²) in [5, 5.41) is 9.57. The minimum absolute atomic E-state index is 0.0258. The summed E-state index contributed by atoms with van der Waals surface area (Å²) in [5.74, 6) is -0.475. The first kappa shape index (κ1) is 14.9. The summed E-state index contributed by atoms with van der Waals surface area (Å²) < 4.78 is 5.21. The molecule has 1 aromatic rings. The highest BCUT2D eigenvalue weighted by Gasteiger charge is 2.17. The number of aromatic hydroxyl groups is 1. The molecule has 4 heteroatoms. The third-order valence-electron chi connectivity index (χ3n) is 3.89. The molecule has 0 saturated carbocycles. The number of rotatable bonds is 5. The number of esters is 1. The second-order valence-corrected chi connectivity index (χ2v) is 5.39. The number of ether oxygens (including phenoxy) is 1. The molecule has 1 fully saturated rings. The number of piperidine rings is 1. The van der Waals surface area contributed by atoms with Crippen LogP contribution in [0, 0.1) is 0 Å². The number of benzene rings is 1. The zero-order valence-electron chi connectivity index (χ0n) is 12.0. The van der Waals surface area contributed by atoms with Crippen LogP contribution in [0.4, 0.5) is 0 Å². The number of carbonyl (C=O) groups excluding carboxylic acids is 1. The Hall–Kier alpha value is -1.55. The molecule has 1 unspecified atom stereocenters. The molecule has 0 bridgehead atoms. The maximum Gasteiger partial charge on any atom is 0.341 e. The van der Waals surface area contributed by atoms with E-state index >= 15 is 0 Å². The molecule has 1 atom stereocenters. The van der Waals surface area contributed by atoms with Crippen molar-refractivity contribution in [3.8, 4) is 5.75 Å². The van der Waals surface area contributed by atoms with Crippen LogP contribution in [0.15, 0.2) is 24.3 Å². The molecule has 0 aliphatic carbocycles. The Bertz CT molecular complexity index is 447. The number of hydrogen-bond acceptors (Lipinski definition) is 4. The van der Waals surface area contributed by atoms with E-state index in [1.807, 2.05) is 0 Å². The molecule has 0 aromatic heterocycles. The minimum atomic E-state index is -0.449. The fourth-order valence-corrected chi connectivity index (χ4v) is 2.65. The highest BCUT2D eigenvalue weighted by atomic mass is 16.5. The molecule has 1 aliphatic rings. The Kier molecular flexibility index (Phi) is 5.41. The lowest BCUT2D eigenvalue weighted by molar-refractivity contribution is 0.0472. The van der Waals surface area contributed by atoms with Gasteiger partial charge in [-0.2, -0.15) is 0 Å². The fraction of sp³-hybridized carbons (Fsp3) is 0.562. The second-order valence-electron chi connectivity index (χ2n) is 5.39. The molecule has 2 rings (SSSR count). The van der Waals surface area contributed by atoms with Gasteiger partial charge in [-0.3, -0.25) is 0 Å². The Morgan fingerprint density at radius 3 is 2.95 bits per heavy atom. The fourth-order valence-electron chi connectivity index (χ4n) is 2.65. The van der Waals surface area contributed by atoms with Gasteiger partial charge in [-0.05, 0) is 44.9 Å². The van der Waals surface area contributed by atoms with Gasteiger partial charge in [0.2, 0.25) is 0 Å². The van der Waals surface area contributed by atoms with Gasteiger partial charge in [-0.1, -0.05) is 18.6 Å². The lowest BCUT2D eigenvalue weighted by atomic mass is 10.0. The molecule has 1 saturated heterocycles. The van der Waals surface area contributed by atoms with E-state index in [-0.39, 0.29) is 11.3 Å². The monoisotopic (exact) mass is 277 g/mol. The summed E-state index contributed by atoms with van der Waals surface area (Å²) in [7, 11) is 0. The van der Waals surface area contributed by atoms with Crippen molar-refractivity contribution in [1.29, 1.82) is 0 Å². The van der Waals surface area contributed by atoms with Crippen molar-refractivity contribution in [2.75, 3.05) is 19.7 Å². The molecule has 4 nitrogen and oxygen atoms in total. The van der Waals surface area contributed by atoms with Crippen LogP contribution in [0.2, 0.25) is 0 Å². The summed E-state index contributed by atoms with van der Waals surface area (Å²) in [4.78, 5) is 14.2. The lowest BCUT2D eigenvalue weighted by Gasteiger charge is -2.33. The Balaban J connectivity index is 1.71. The van der Waals surface area contributed by atoms with Gasteiger partial charge >= 0.3 is 5.97 Å². The Labute approximate surface area is 120 Å². The first-order chi connectivity index (χ1) is 9.68. The van der Waals surface area contributed by atoms with Crippen LogP contribution in [0.1, 0.15) is 43.0 Å². The molecule has 20 heavy (non-hydrogen) atoms. The average molecular weight is 277 g/mol. The molecule has 1 aromatic carbocycles. The van der Waals surface area contributed by atoms with Gasteiger partial charge in [0.25, 0.3) is 0 Å². The van der Waals surface area contributed by atoms with E-state index in [1.54, 1.807) is 18.2 Å². The Morgan fingerprint density at radius 1 is 1.40 bits per heavy atom. The van der Waals surface area contributed by atoms with E-state index in [1.165, 1.54) is 25.3 Å². The predicted molar refractivity (Wildman–Crippen MR) is 77.9 cm³/mol. The zero-order valence-corrected chi connectivity index (χ0v) is 12.0. The Morgan fingerprint density at radius 2 is 2.20 bits per heavy atom. The average Bonchev–Trinajstić information content (AvgIpc) is 2.45. The van der Waals surface area contributed by atoms with Crippen LogP contribution in [-0.4, -0.2) is 41.7 Å². The topological polar surface area (TPSA) is 49.8 Å². The van der Waals surface area contributed by atoms with Crippen molar-refractivity contribution < 1.29 is 14.6 Å². The van der Waals surface area contributed by atoms with Gasteiger partial charge in [0, 0.05) is 12.6 Å². The summed E-state index contributed by atoms with van der Waals surface area (Å²) in [5.41, 5.74) is 0.235. The molecule has 1 heterocycles. The van der Waals surface area contributed by atoms with Crippen molar-refractivity contribution in [2.45, 2.75) is 38.6 Å². The van der Waals surface area contributed by atoms with Crippen molar-refractivity contribution in [1.82, 2.24) is 4.90 Å². The van der Waals surface area contributed by atoms with E-state index in [0.29, 0.717) is 12.6 Å². The first-order valence-electron chi connectivity index (χ1n) is 7.37. The summed E-state index contributed by atoms with van der Waals surface area (Å²) in [6, 6.07) is 7.10. The molecule has 0 amide bonds. The van der Waals surface area contributed by atoms with Gasteiger partial charge in [-0.25, -0.2) is 4.79 Å². The highest BCUT2D eigenvalue weighted by molar-refractivity contribution is 5.92.